The Kier molecular flexibility index (Phi) is 6.29. The number of hydrogen-bond donors (Lipinski definition) is 1. The second-order valence-electron chi connectivity index (χ2n) is 6.91. The van der Waals surface area contributed by atoms with E-state index in [1.54, 1.807) is 0 Å². The fraction of sp³-hybridized carbons (Fsp3) is 0.474. The number of benzene rings is 1. The van der Waals surface area contributed by atoms with Crippen LogP contribution in [-0.2, 0) is 14.8 Å². The number of carbonyl (C=O) groups excluding carboxylic acids is 1. The molecule has 1 aliphatic rings. The van der Waals surface area contributed by atoms with Gasteiger partial charge in [0.1, 0.15) is 0 Å². The molecule has 1 fully saturated rings. The quantitative estimate of drug-likeness (QED) is 0.761. The zero-order valence-electron chi connectivity index (χ0n) is 15.7. The minimum Gasteiger partial charge on any atom is -0.302 e. The molecule has 0 aliphatic carbocycles. The predicted molar refractivity (Wildman–Crippen MR) is 109 cm³/mol. The van der Waals surface area contributed by atoms with Gasteiger partial charge in [0.05, 0.1) is 11.4 Å². The van der Waals surface area contributed by atoms with E-state index in [1.165, 1.54) is 26.8 Å². The molecule has 0 bridgehead atoms. The van der Waals surface area contributed by atoms with Crippen molar-refractivity contribution >= 4 is 32.4 Å². The highest BCUT2D eigenvalue weighted by Crippen LogP contribution is 2.26. The molecular formula is C19H25N3O3S2. The number of carbonyl (C=O) groups is 1. The summed E-state index contributed by atoms with van der Waals surface area (Å²) in [6, 6.07) is 6.16. The minimum atomic E-state index is -3.23. The lowest BCUT2D eigenvalue weighted by Crippen LogP contribution is -2.30. The fourth-order valence-electron chi connectivity index (χ4n) is 3.06. The lowest BCUT2D eigenvalue weighted by atomic mass is 10.1. The van der Waals surface area contributed by atoms with Crippen molar-refractivity contribution in [3.05, 3.63) is 34.7 Å². The van der Waals surface area contributed by atoms with E-state index in [1.807, 2.05) is 11.4 Å². The summed E-state index contributed by atoms with van der Waals surface area (Å²) >= 11 is 1.37. The Morgan fingerprint density at radius 1 is 1.22 bits per heavy atom. The molecule has 0 spiro atoms. The van der Waals surface area contributed by atoms with Crippen molar-refractivity contribution in [3.63, 3.8) is 0 Å². The molecule has 1 amide bonds. The number of aryl methyl sites for hydroxylation is 2. The molecule has 2 aromatic rings. The van der Waals surface area contributed by atoms with Gasteiger partial charge < -0.3 is 5.32 Å². The van der Waals surface area contributed by atoms with Crippen LogP contribution in [-0.4, -0.2) is 42.5 Å². The summed E-state index contributed by atoms with van der Waals surface area (Å²) in [5, 5.41) is 5.23. The molecule has 1 aromatic heterocycles. The van der Waals surface area contributed by atoms with E-state index in [-0.39, 0.29) is 18.1 Å². The maximum Gasteiger partial charge on any atom is 0.226 e. The van der Waals surface area contributed by atoms with Crippen LogP contribution in [0.5, 0.6) is 0 Å². The van der Waals surface area contributed by atoms with E-state index in [9.17, 15) is 13.2 Å². The summed E-state index contributed by atoms with van der Waals surface area (Å²) in [5.41, 5.74) is 4.28. The Bertz CT molecular complexity index is 916. The van der Waals surface area contributed by atoms with Crippen LogP contribution in [0, 0.1) is 13.8 Å². The van der Waals surface area contributed by atoms with Gasteiger partial charge in [-0.25, -0.2) is 17.7 Å². The first-order valence-corrected chi connectivity index (χ1v) is 11.6. The van der Waals surface area contributed by atoms with Crippen LogP contribution in [0.2, 0.25) is 0 Å². The molecule has 146 valence electrons. The van der Waals surface area contributed by atoms with Gasteiger partial charge in [-0.05, 0) is 50.3 Å². The number of nitrogens with one attached hydrogen (secondary N) is 1. The van der Waals surface area contributed by atoms with Crippen LogP contribution in [0.25, 0.3) is 11.3 Å². The Morgan fingerprint density at radius 3 is 2.67 bits per heavy atom. The smallest absolute Gasteiger partial charge is 0.226 e. The van der Waals surface area contributed by atoms with Gasteiger partial charge in [-0.2, -0.15) is 0 Å². The maximum atomic E-state index is 12.2. The van der Waals surface area contributed by atoms with Gasteiger partial charge in [0.2, 0.25) is 15.9 Å². The standard InChI is InChI=1S/C19H25N3O3S2/c1-14-7-8-16(12-15(14)2)17-13-26-19(20-17)21-18(23)6-5-11-27(24,25)22-9-3-4-10-22/h7-8,12-13H,3-6,9-11H2,1-2H3,(H,20,21,23). The van der Waals surface area contributed by atoms with Crippen LogP contribution in [0.4, 0.5) is 5.13 Å². The van der Waals surface area contributed by atoms with Gasteiger partial charge in [0.15, 0.2) is 5.13 Å². The number of anilines is 1. The van der Waals surface area contributed by atoms with Crippen molar-refractivity contribution in [2.75, 3.05) is 24.2 Å². The molecule has 1 N–H and O–H groups in total. The van der Waals surface area contributed by atoms with Gasteiger partial charge in [-0.1, -0.05) is 12.1 Å². The van der Waals surface area contributed by atoms with E-state index in [0.29, 0.717) is 24.6 Å². The van der Waals surface area contributed by atoms with Crippen LogP contribution >= 0.6 is 11.3 Å². The number of hydrogen-bond acceptors (Lipinski definition) is 5. The second kappa shape index (κ2) is 8.50. The third kappa shape index (κ3) is 5.15. The van der Waals surface area contributed by atoms with E-state index >= 15 is 0 Å². The molecule has 2 heterocycles. The monoisotopic (exact) mass is 407 g/mol. The molecule has 1 aromatic carbocycles. The predicted octanol–water partition coefficient (Wildman–Crippen LogP) is 3.57. The topological polar surface area (TPSA) is 79.4 Å². The zero-order valence-corrected chi connectivity index (χ0v) is 17.3. The number of rotatable bonds is 7. The average Bonchev–Trinajstić information content (AvgIpc) is 3.29. The second-order valence-corrected chi connectivity index (χ2v) is 9.86. The third-order valence-electron chi connectivity index (χ3n) is 4.82. The van der Waals surface area contributed by atoms with Crippen molar-refractivity contribution in [2.45, 2.75) is 39.5 Å². The first-order chi connectivity index (χ1) is 12.8. The van der Waals surface area contributed by atoms with Crippen LogP contribution in [0.15, 0.2) is 23.6 Å². The third-order valence-corrected chi connectivity index (χ3v) is 7.53. The summed E-state index contributed by atoms with van der Waals surface area (Å²) in [4.78, 5) is 16.6. The Morgan fingerprint density at radius 2 is 1.96 bits per heavy atom. The molecule has 8 heteroatoms. The lowest BCUT2D eigenvalue weighted by molar-refractivity contribution is -0.116. The van der Waals surface area contributed by atoms with Gasteiger partial charge in [-0.15, -0.1) is 11.3 Å². The summed E-state index contributed by atoms with van der Waals surface area (Å²) < 4.78 is 25.9. The molecular weight excluding hydrogens is 382 g/mol. The lowest BCUT2D eigenvalue weighted by Gasteiger charge is -2.14. The fourth-order valence-corrected chi connectivity index (χ4v) is 5.37. The largest absolute Gasteiger partial charge is 0.302 e. The highest BCUT2D eigenvalue weighted by molar-refractivity contribution is 7.89. The summed E-state index contributed by atoms with van der Waals surface area (Å²) in [5.74, 6) is -0.181. The molecule has 27 heavy (non-hydrogen) atoms. The molecule has 0 radical (unpaired) electrons. The van der Waals surface area contributed by atoms with E-state index in [0.717, 1.165) is 24.1 Å². The van der Waals surface area contributed by atoms with Crippen LogP contribution in [0.1, 0.15) is 36.8 Å². The van der Waals surface area contributed by atoms with Crippen molar-refractivity contribution in [1.82, 2.24) is 9.29 Å². The molecule has 0 unspecified atom stereocenters. The molecule has 3 rings (SSSR count). The van der Waals surface area contributed by atoms with Gasteiger partial charge in [-0.3, -0.25) is 4.79 Å². The van der Waals surface area contributed by atoms with Gasteiger partial charge >= 0.3 is 0 Å². The average molecular weight is 408 g/mol. The molecule has 1 saturated heterocycles. The van der Waals surface area contributed by atoms with Crippen LogP contribution in [0.3, 0.4) is 0 Å². The minimum absolute atomic E-state index is 0.0200. The van der Waals surface area contributed by atoms with Gasteiger partial charge in [0, 0.05) is 30.5 Å². The maximum absolute atomic E-state index is 12.2. The summed E-state index contributed by atoms with van der Waals surface area (Å²) in [7, 11) is -3.23. The van der Waals surface area contributed by atoms with Crippen LogP contribution < -0.4 is 5.32 Å². The number of thiazole rings is 1. The van der Waals surface area contributed by atoms with Crippen molar-refractivity contribution in [1.29, 1.82) is 0 Å². The Labute approximate surface area is 164 Å². The normalized spacial score (nSPS) is 15.2. The Balaban J connectivity index is 1.51. The highest BCUT2D eigenvalue weighted by Gasteiger charge is 2.24. The molecule has 0 saturated carbocycles. The molecule has 0 atom stereocenters. The first kappa shape index (κ1) is 20.0. The number of nitrogens with zero attached hydrogens (tertiary/aromatic N) is 2. The molecule has 1 aliphatic heterocycles. The van der Waals surface area contributed by atoms with Crippen molar-refractivity contribution in [3.8, 4) is 11.3 Å². The van der Waals surface area contributed by atoms with E-state index < -0.39 is 10.0 Å². The highest BCUT2D eigenvalue weighted by atomic mass is 32.2. The number of sulfonamides is 1. The van der Waals surface area contributed by atoms with Crippen molar-refractivity contribution in [2.24, 2.45) is 0 Å². The number of aromatic nitrogens is 1. The summed E-state index contributed by atoms with van der Waals surface area (Å²) in [6.45, 7) is 5.34. The Hall–Kier alpha value is -1.77. The summed E-state index contributed by atoms with van der Waals surface area (Å²) in [6.07, 6.45) is 2.34. The number of amides is 1. The SMILES string of the molecule is Cc1ccc(-c2csc(NC(=O)CCCS(=O)(=O)N3CCCC3)n2)cc1C. The van der Waals surface area contributed by atoms with Gasteiger partial charge in [0.25, 0.3) is 0 Å². The molecule has 6 nitrogen and oxygen atoms in total. The van der Waals surface area contributed by atoms with E-state index in [2.05, 4.69) is 36.3 Å². The van der Waals surface area contributed by atoms with E-state index in [4.69, 9.17) is 0 Å². The first-order valence-electron chi connectivity index (χ1n) is 9.16. The van der Waals surface area contributed by atoms with Crippen molar-refractivity contribution < 1.29 is 13.2 Å². The zero-order chi connectivity index (χ0) is 19.4.